The van der Waals surface area contributed by atoms with E-state index in [1.54, 1.807) is 0 Å². The Hall–Kier alpha value is -1.42. The van der Waals surface area contributed by atoms with Crippen molar-refractivity contribution in [1.29, 1.82) is 0 Å². The summed E-state index contributed by atoms with van der Waals surface area (Å²) in [6, 6.07) is 4.09. The number of likely N-dealkylation sites (tertiary alicyclic amines) is 1. The zero-order valence-corrected chi connectivity index (χ0v) is 10.8. The highest BCUT2D eigenvalue weighted by Crippen LogP contribution is 2.17. The Bertz CT molecular complexity index is 381. The van der Waals surface area contributed by atoms with Crippen molar-refractivity contribution in [3.63, 3.8) is 0 Å². The zero-order chi connectivity index (χ0) is 12.8. The minimum absolute atomic E-state index is 0.0567. The molecule has 0 N–H and O–H groups in total. The highest BCUT2D eigenvalue weighted by Gasteiger charge is 2.25. The number of ether oxygens (including phenoxy) is 1. The lowest BCUT2D eigenvalue weighted by atomic mass is 9.98. The van der Waals surface area contributed by atoms with E-state index in [2.05, 4.69) is 9.88 Å². The van der Waals surface area contributed by atoms with Crippen LogP contribution < -0.4 is 0 Å². The lowest BCUT2D eigenvalue weighted by Gasteiger charge is -2.31. The summed E-state index contributed by atoms with van der Waals surface area (Å²) in [5, 5.41) is 0. The fourth-order valence-electron chi connectivity index (χ4n) is 2.45. The van der Waals surface area contributed by atoms with Crippen LogP contribution in [-0.2, 0) is 16.0 Å². The first kappa shape index (κ1) is 13.0. The molecule has 98 valence electrons. The summed E-state index contributed by atoms with van der Waals surface area (Å²) >= 11 is 0. The van der Waals surface area contributed by atoms with Crippen molar-refractivity contribution in [3.05, 3.63) is 30.1 Å². The molecule has 1 fully saturated rings. The van der Waals surface area contributed by atoms with Crippen LogP contribution in [0.25, 0.3) is 0 Å². The molecular formula is C14H20N2O2. The van der Waals surface area contributed by atoms with Gasteiger partial charge in [-0.05, 0) is 43.5 Å². The quantitative estimate of drug-likeness (QED) is 0.757. The van der Waals surface area contributed by atoms with Crippen molar-refractivity contribution in [2.75, 3.05) is 26.7 Å². The van der Waals surface area contributed by atoms with Crippen LogP contribution in [-0.4, -0.2) is 42.6 Å². The second-order valence-corrected chi connectivity index (χ2v) is 4.77. The Morgan fingerprint density at radius 3 is 3.00 bits per heavy atom. The van der Waals surface area contributed by atoms with Gasteiger partial charge < -0.3 is 9.64 Å². The van der Waals surface area contributed by atoms with Gasteiger partial charge in [0.2, 0.25) is 0 Å². The third kappa shape index (κ3) is 3.53. The third-order valence-electron chi connectivity index (χ3n) is 3.51. The Labute approximate surface area is 108 Å². The first-order chi connectivity index (χ1) is 8.79. The molecule has 1 aromatic heterocycles. The summed E-state index contributed by atoms with van der Waals surface area (Å²) in [6.45, 7) is 2.91. The maximum absolute atomic E-state index is 11.5. The number of carbonyl (C=O) groups excluding carboxylic acids is 1. The molecule has 4 heteroatoms. The number of piperidine rings is 1. The standard InChI is InChI=1S/C14H20N2O2/c1-18-14(17)13-3-2-9-16(11-13)10-6-12-4-7-15-8-5-12/h4-5,7-8,13H,2-3,6,9-11H2,1H3/t13-/m0/s1. The van der Waals surface area contributed by atoms with Crippen molar-refractivity contribution in [2.24, 2.45) is 5.92 Å². The number of nitrogens with zero attached hydrogens (tertiary/aromatic N) is 2. The third-order valence-corrected chi connectivity index (χ3v) is 3.51. The Morgan fingerprint density at radius 2 is 2.28 bits per heavy atom. The molecule has 1 saturated heterocycles. The smallest absolute Gasteiger partial charge is 0.309 e. The monoisotopic (exact) mass is 248 g/mol. The second-order valence-electron chi connectivity index (χ2n) is 4.77. The maximum atomic E-state index is 11.5. The molecular weight excluding hydrogens is 228 g/mol. The van der Waals surface area contributed by atoms with Crippen LogP contribution in [0.1, 0.15) is 18.4 Å². The van der Waals surface area contributed by atoms with Crippen LogP contribution in [0.3, 0.4) is 0 Å². The average molecular weight is 248 g/mol. The molecule has 18 heavy (non-hydrogen) atoms. The van der Waals surface area contributed by atoms with Crippen LogP contribution in [0.5, 0.6) is 0 Å². The van der Waals surface area contributed by atoms with Gasteiger partial charge >= 0.3 is 5.97 Å². The van der Waals surface area contributed by atoms with E-state index >= 15 is 0 Å². The van der Waals surface area contributed by atoms with E-state index in [0.29, 0.717) is 0 Å². The molecule has 1 aliphatic heterocycles. The molecule has 4 nitrogen and oxygen atoms in total. The van der Waals surface area contributed by atoms with Crippen molar-refractivity contribution in [2.45, 2.75) is 19.3 Å². The van der Waals surface area contributed by atoms with E-state index in [0.717, 1.165) is 38.9 Å². The van der Waals surface area contributed by atoms with E-state index in [-0.39, 0.29) is 11.9 Å². The minimum atomic E-state index is -0.0661. The topological polar surface area (TPSA) is 42.4 Å². The summed E-state index contributed by atoms with van der Waals surface area (Å²) in [7, 11) is 1.47. The molecule has 0 radical (unpaired) electrons. The fourth-order valence-corrected chi connectivity index (χ4v) is 2.45. The lowest BCUT2D eigenvalue weighted by molar-refractivity contribution is -0.147. The van der Waals surface area contributed by atoms with Crippen LogP contribution in [0.4, 0.5) is 0 Å². The highest BCUT2D eigenvalue weighted by atomic mass is 16.5. The number of hydrogen-bond donors (Lipinski definition) is 0. The van der Waals surface area contributed by atoms with Crippen LogP contribution in [0.2, 0.25) is 0 Å². The van der Waals surface area contributed by atoms with Gasteiger partial charge in [-0.3, -0.25) is 9.78 Å². The SMILES string of the molecule is COC(=O)[C@H]1CCCN(CCc2ccncc2)C1. The highest BCUT2D eigenvalue weighted by molar-refractivity contribution is 5.72. The molecule has 0 aromatic carbocycles. The summed E-state index contributed by atoms with van der Waals surface area (Å²) in [6.07, 6.45) is 6.69. The number of methoxy groups -OCH3 is 1. The van der Waals surface area contributed by atoms with Gasteiger partial charge in [0.05, 0.1) is 13.0 Å². The van der Waals surface area contributed by atoms with Gasteiger partial charge in [-0.1, -0.05) is 0 Å². The van der Waals surface area contributed by atoms with Crippen molar-refractivity contribution < 1.29 is 9.53 Å². The Morgan fingerprint density at radius 1 is 1.50 bits per heavy atom. The van der Waals surface area contributed by atoms with Gasteiger partial charge in [-0.2, -0.15) is 0 Å². The summed E-state index contributed by atoms with van der Waals surface area (Å²) in [4.78, 5) is 17.9. The van der Waals surface area contributed by atoms with E-state index in [1.807, 2.05) is 24.5 Å². The summed E-state index contributed by atoms with van der Waals surface area (Å²) in [5.74, 6) is -0.00944. The van der Waals surface area contributed by atoms with E-state index in [1.165, 1.54) is 12.7 Å². The number of rotatable bonds is 4. The van der Waals surface area contributed by atoms with E-state index in [4.69, 9.17) is 4.74 Å². The van der Waals surface area contributed by atoms with Crippen LogP contribution in [0, 0.1) is 5.92 Å². The van der Waals surface area contributed by atoms with Crippen molar-refractivity contribution in [3.8, 4) is 0 Å². The van der Waals surface area contributed by atoms with E-state index in [9.17, 15) is 4.79 Å². The van der Waals surface area contributed by atoms with E-state index < -0.39 is 0 Å². The Balaban J connectivity index is 1.81. The molecule has 2 heterocycles. The first-order valence-corrected chi connectivity index (χ1v) is 6.48. The van der Waals surface area contributed by atoms with Gasteiger partial charge in [0.1, 0.15) is 0 Å². The number of esters is 1. The lowest BCUT2D eigenvalue weighted by Crippen LogP contribution is -2.40. The van der Waals surface area contributed by atoms with Gasteiger partial charge in [-0.25, -0.2) is 0 Å². The van der Waals surface area contributed by atoms with Crippen LogP contribution in [0.15, 0.2) is 24.5 Å². The number of aromatic nitrogens is 1. The fraction of sp³-hybridized carbons (Fsp3) is 0.571. The summed E-state index contributed by atoms with van der Waals surface area (Å²) in [5.41, 5.74) is 1.30. The minimum Gasteiger partial charge on any atom is -0.469 e. The molecule has 0 amide bonds. The van der Waals surface area contributed by atoms with Crippen molar-refractivity contribution in [1.82, 2.24) is 9.88 Å². The molecule has 2 rings (SSSR count). The predicted molar refractivity (Wildman–Crippen MR) is 69.1 cm³/mol. The second kappa shape index (κ2) is 6.50. The van der Waals surface area contributed by atoms with Gasteiger partial charge in [0, 0.05) is 25.5 Å². The molecule has 0 aliphatic carbocycles. The predicted octanol–water partition coefficient (Wildman–Crippen LogP) is 1.51. The van der Waals surface area contributed by atoms with Crippen LogP contribution >= 0.6 is 0 Å². The zero-order valence-electron chi connectivity index (χ0n) is 10.8. The summed E-state index contributed by atoms with van der Waals surface area (Å²) < 4.78 is 4.83. The number of carbonyl (C=O) groups is 1. The average Bonchev–Trinajstić information content (AvgIpc) is 2.45. The molecule has 0 saturated carbocycles. The molecule has 0 bridgehead atoms. The molecule has 1 atom stereocenters. The normalized spacial score (nSPS) is 20.6. The molecule has 0 spiro atoms. The number of pyridine rings is 1. The number of hydrogen-bond acceptors (Lipinski definition) is 4. The first-order valence-electron chi connectivity index (χ1n) is 6.48. The maximum Gasteiger partial charge on any atom is 0.309 e. The molecule has 0 unspecified atom stereocenters. The van der Waals surface area contributed by atoms with Gasteiger partial charge in [0.15, 0.2) is 0 Å². The largest absolute Gasteiger partial charge is 0.469 e. The molecule has 1 aliphatic rings. The van der Waals surface area contributed by atoms with Gasteiger partial charge in [0.25, 0.3) is 0 Å². The molecule has 1 aromatic rings. The van der Waals surface area contributed by atoms with Gasteiger partial charge in [-0.15, -0.1) is 0 Å². The Kier molecular flexibility index (Phi) is 4.70. The van der Waals surface area contributed by atoms with Crippen molar-refractivity contribution >= 4 is 5.97 Å².